The van der Waals surface area contributed by atoms with Gasteiger partial charge in [-0.1, -0.05) is 196 Å². The van der Waals surface area contributed by atoms with Gasteiger partial charge in [-0.3, -0.25) is 14.4 Å². The summed E-state index contributed by atoms with van der Waals surface area (Å²) < 4.78 is 28.4. The molecule has 0 aromatic rings. The highest BCUT2D eigenvalue weighted by molar-refractivity contribution is 5.74. The van der Waals surface area contributed by atoms with Crippen LogP contribution in [0, 0.1) is 0 Å². The molecule has 1 rings (SSSR count). The number of aliphatic hydroxyl groups is 2. The fraction of sp³-hybridized carbons (Fsp3) is 0.714. The first-order valence-electron chi connectivity index (χ1n) is 29.6. The number of carbonyl (C=O) groups is 4. The minimum atomic E-state index is -1.91. The standard InChI is InChI=1S/C63H104O12/c1-4-7-10-13-16-19-22-25-27-28-30-33-36-39-42-45-48-51-57(66)74-61-59(68)58(67)60(62(69)70)75-63(61)72-53-54(73-56(65)50-47-44-41-38-35-31-24-21-18-15-12-9-6-3)52-71-55(64)49-46-43-40-37-34-32-29-26-23-20-17-14-11-8-5-2/h8,11-12,15-17,19-21,24-27,29,54,58-61,63,67-68H,4-7,9-10,13-14,18,22-23,28,30-53H2,1-3H3,(H,69,70)/b11-8-,15-12-,19-16-,20-17-,24-21-,27-25-,29-26-. The molecule has 0 amide bonds. The monoisotopic (exact) mass is 1050 g/mol. The minimum Gasteiger partial charge on any atom is -0.479 e. The first kappa shape index (κ1) is 68.9. The fourth-order valence-corrected chi connectivity index (χ4v) is 8.39. The van der Waals surface area contributed by atoms with Gasteiger partial charge < -0.3 is 39.0 Å². The molecule has 3 N–H and O–H groups in total. The van der Waals surface area contributed by atoms with Crippen LogP contribution in [0.5, 0.6) is 0 Å². The molecule has 0 aromatic carbocycles. The fourth-order valence-electron chi connectivity index (χ4n) is 8.39. The van der Waals surface area contributed by atoms with Gasteiger partial charge in [-0.25, -0.2) is 4.79 Å². The maximum Gasteiger partial charge on any atom is 0.335 e. The van der Waals surface area contributed by atoms with E-state index in [2.05, 4.69) is 106 Å². The number of ether oxygens (including phenoxy) is 5. The van der Waals surface area contributed by atoms with Gasteiger partial charge in [0.2, 0.25) is 0 Å². The second kappa shape index (κ2) is 50.7. The number of unbranched alkanes of at least 4 members (excludes halogenated alkanes) is 21. The number of hydrogen-bond donors (Lipinski definition) is 3. The Morgan fingerprint density at radius 2 is 0.867 bits per heavy atom. The summed E-state index contributed by atoms with van der Waals surface area (Å²) in [5.74, 6) is -3.17. The van der Waals surface area contributed by atoms with Gasteiger partial charge in [0, 0.05) is 19.3 Å². The van der Waals surface area contributed by atoms with E-state index in [4.69, 9.17) is 23.7 Å². The van der Waals surface area contributed by atoms with Crippen molar-refractivity contribution in [3.05, 3.63) is 85.1 Å². The number of hydrogen-bond acceptors (Lipinski definition) is 11. The summed E-state index contributed by atoms with van der Waals surface area (Å²) in [5.41, 5.74) is 0. The van der Waals surface area contributed by atoms with Crippen LogP contribution in [0.4, 0.5) is 0 Å². The molecule has 1 fully saturated rings. The molecule has 12 heteroatoms. The average Bonchev–Trinajstić information content (AvgIpc) is 3.39. The van der Waals surface area contributed by atoms with Crippen molar-refractivity contribution >= 4 is 23.9 Å². The molecule has 75 heavy (non-hydrogen) atoms. The van der Waals surface area contributed by atoms with Crippen LogP contribution in [0.2, 0.25) is 0 Å². The van der Waals surface area contributed by atoms with Crippen LogP contribution in [-0.2, 0) is 42.9 Å². The first-order valence-corrected chi connectivity index (χ1v) is 29.6. The smallest absolute Gasteiger partial charge is 0.335 e. The van der Waals surface area contributed by atoms with E-state index in [1.165, 1.54) is 19.3 Å². The molecule has 0 spiro atoms. The molecular formula is C63H104O12. The van der Waals surface area contributed by atoms with Crippen LogP contribution >= 0.6 is 0 Å². The zero-order valence-electron chi connectivity index (χ0n) is 47.0. The number of carboxylic acid groups (broad SMARTS) is 1. The van der Waals surface area contributed by atoms with E-state index >= 15 is 0 Å². The predicted octanol–water partition coefficient (Wildman–Crippen LogP) is 15.1. The van der Waals surface area contributed by atoms with E-state index in [9.17, 15) is 34.5 Å². The second-order valence-corrected chi connectivity index (χ2v) is 19.9. The van der Waals surface area contributed by atoms with Gasteiger partial charge in [-0.05, 0) is 109 Å². The third kappa shape index (κ3) is 40.8. The SMILES string of the molecule is CC/C=C\C/C=C\C/C=C\CCCCCCCC(=O)OCC(COC1OC(C(=O)O)C(O)C(O)C1OC(=O)CCCCCCCCC/C=C\C/C=C\CCCCC)OC(=O)CCCCCCC/C=C\C/C=C\CCC. The highest BCUT2D eigenvalue weighted by Crippen LogP contribution is 2.26. The zero-order chi connectivity index (χ0) is 54.7. The molecule has 428 valence electrons. The Labute approximate surface area is 454 Å². The Balaban J connectivity index is 2.71. The summed E-state index contributed by atoms with van der Waals surface area (Å²) in [4.78, 5) is 51.1. The molecule has 12 nitrogen and oxygen atoms in total. The molecule has 0 aromatic heterocycles. The van der Waals surface area contributed by atoms with E-state index in [-0.39, 0.29) is 25.9 Å². The molecule has 6 unspecified atom stereocenters. The van der Waals surface area contributed by atoms with Crippen molar-refractivity contribution in [1.29, 1.82) is 0 Å². The lowest BCUT2D eigenvalue weighted by Crippen LogP contribution is -2.61. The molecule has 1 aliphatic heterocycles. The number of allylic oxidation sites excluding steroid dienone is 14. The third-order valence-corrected chi connectivity index (χ3v) is 12.9. The van der Waals surface area contributed by atoms with Crippen LogP contribution in [0.15, 0.2) is 85.1 Å². The summed E-state index contributed by atoms with van der Waals surface area (Å²) in [6, 6.07) is 0. The Hall–Kier alpha value is -4.10. The Morgan fingerprint density at radius 3 is 1.33 bits per heavy atom. The summed E-state index contributed by atoms with van der Waals surface area (Å²) in [6.45, 7) is 5.76. The molecule has 1 aliphatic rings. The maximum absolute atomic E-state index is 13.1. The van der Waals surface area contributed by atoms with E-state index in [1.54, 1.807) is 0 Å². The largest absolute Gasteiger partial charge is 0.479 e. The second-order valence-electron chi connectivity index (χ2n) is 19.9. The highest BCUT2D eigenvalue weighted by Gasteiger charge is 2.50. The Morgan fingerprint density at radius 1 is 0.453 bits per heavy atom. The third-order valence-electron chi connectivity index (χ3n) is 12.9. The molecular weight excluding hydrogens is 949 g/mol. The van der Waals surface area contributed by atoms with Crippen molar-refractivity contribution in [1.82, 2.24) is 0 Å². The van der Waals surface area contributed by atoms with E-state index in [0.717, 1.165) is 161 Å². The molecule has 0 radical (unpaired) electrons. The lowest BCUT2D eigenvalue weighted by molar-refractivity contribution is -0.301. The summed E-state index contributed by atoms with van der Waals surface area (Å²) in [6.07, 6.45) is 52.6. The quantitative estimate of drug-likeness (QED) is 0.0228. The number of aliphatic hydroxyl groups excluding tert-OH is 2. The maximum atomic E-state index is 13.1. The molecule has 0 aliphatic carbocycles. The lowest BCUT2D eigenvalue weighted by Gasteiger charge is -2.40. The van der Waals surface area contributed by atoms with Crippen LogP contribution < -0.4 is 0 Å². The Kier molecular flexibility index (Phi) is 46.6. The van der Waals surface area contributed by atoms with E-state index < -0.39 is 67.3 Å². The van der Waals surface area contributed by atoms with Gasteiger partial charge in [0.05, 0.1) is 6.61 Å². The highest BCUT2D eigenvalue weighted by atomic mass is 16.7. The number of rotatable bonds is 49. The molecule has 1 heterocycles. The number of carboxylic acids is 1. The van der Waals surface area contributed by atoms with Gasteiger partial charge in [-0.2, -0.15) is 0 Å². The lowest BCUT2D eigenvalue weighted by atomic mass is 9.98. The van der Waals surface area contributed by atoms with Crippen molar-refractivity contribution in [2.75, 3.05) is 13.2 Å². The average molecular weight is 1050 g/mol. The summed E-state index contributed by atoms with van der Waals surface area (Å²) in [7, 11) is 0. The number of carbonyl (C=O) groups excluding carboxylic acids is 3. The molecule has 6 atom stereocenters. The van der Waals surface area contributed by atoms with Crippen molar-refractivity contribution in [2.24, 2.45) is 0 Å². The van der Waals surface area contributed by atoms with Crippen molar-refractivity contribution in [3.63, 3.8) is 0 Å². The normalized spacial score (nSPS) is 18.8. The zero-order valence-corrected chi connectivity index (χ0v) is 47.0. The van der Waals surface area contributed by atoms with Gasteiger partial charge in [0.1, 0.15) is 18.8 Å². The van der Waals surface area contributed by atoms with Crippen LogP contribution in [0.25, 0.3) is 0 Å². The number of aliphatic carboxylic acids is 1. The van der Waals surface area contributed by atoms with E-state index in [1.807, 2.05) is 0 Å². The first-order chi connectivity index (χ1) is 36.6. The van der Waals surface area contributed by atoms with Gasteiger partial charge >= 0.3 is 23.9 Å². The number of esters is 3. The predicted molar refractivity (Wildman–Crippen MR) is 303 cm³/mol. The van der Waals surface area contributed by atoms with Gasteiger partial charge in [0.25, 0.3) is 0 Å². The van der Waals surface area contributed by atoms with Crippen molar-refractivity contribution in [2.45, 2.75) is 276 Å². The minimum absolute atomic E-state index is 0.0453. The van der Waals surface area contributed by atoms with E-state index in [0.29, 0.717) is 19.3 Å². The topological polar surface area (TPSA) is 175 Å². The molecule has 0 bridgehead atoms. The Bertz CT molecular complexity index is 1630. The molecule has 1 saturated heterocycles. The van der Waals surface area contributed by atoms with Crippen LogP contribution in [-0.4, -0.2) is 89.2 Å². The van der Waals surface area contributed by atoms with Gasteiger partial charge in [0.15, 0.2) is 24.6 Å². The van der Waals surface area contributed by atoms with Crippen LogP contribution in [0.1, 0.15) is 239 Å². The van der Waals surface area contributed by atoms with Gasteiger partial charge in [-0.15, -0.1) is 0 Å². The van der Waals surface area contributed by atoms with Crippen molar-refractivity contribution < 1.29 is 58.2 Å². The summed E-state index contributed by atoms with van der Waals surface area (Å²) >= 11 is 0. The summed E-state index contributed by atoms with van der Waals surface area (Å²) in [5, 5.41) is 31.5. The molecule has 0 saturated carbocycles. The van der Waals surface area contributed by atoms with Crippen LogP contribution in [0.3, 0.4) is 0 Å². The van der Waals surface area contributed by atoms with Crippen molar-refractivity contribution in [3.8, 4) is 0 Å².